The molecule has 1 saturated heterocycles. The van der Waals surface area contributed by atoms with Crippen LogP contribution in [-0.2, 0) is 40.0 Å². The van der Waals surface area contributed by atoms with Crippen LogP contribution in [0.15, 0.2) is 12.1 Å². The molecule has 0 bridgehead atoms. The molecule has 2 aliphatic rings. The zero-order valence-electron chi connectivity index (χ0n) is 24.0. The van der Waals surface area contributed by atoms with Gasteiger partial charge < -0.3 is 34.7 Å². The molecule has 0 radical (unpaired) electrons. The fraction of sp³-hybridized carbons (Fsp3) is 0.556. The van der Waals surface area contributed by atoms with Gasteiger partial charge in [0, 0.05) is 57.8 Å². The van der Waals surface area contributed by atoms with Crippen molar-refractivity contribution in [3.63, 3.8) is 0 Å². The van der Waals surface area contributed by atoms with E-state index in [2.05, 4.69) is 15.2 Å². The Morgan fingerprint density at radius 1 is 1.02 bits per heavy atom. The van der Waals surface area contributed by atoms with Gasteiger partial charge in [0.25, 0.3) is 5.91 Å². The number of rotatable bonds is 12. The Balaban J connectivity index is 1.40. The second kappa shape index (κ2) is 14.9. The lowest BCUT2D eigenvalue weighted by atomic mass is 10.0. The number of hydrogen-bond acceptors (Lipinski definition) is 7. The number of morpholine rings is 1. The summed E-state index contributed by atoms with van der Waals surface area (Å²) < 4.78 is 94.1. The van der Waals surface area contributed by atoms with E-state index in [1.54, 1.807) is 0 Å². The Kier molecular flexibility index (Phi) is 11.3. The Hall–Kier alpha value is -3.90. The lowest BCUT2D eigenvalue weighted by Gasteiger charge is -2.31. The number of hydrogen-bond donors (Lipinski definition) is 3. The first-order valence-corrected chi connectivity index (χ1v) is 14.1. The molecule has 12 nitrogen and oxygen atoms in total. The number of benzene rings is 1. The van der Waals surface area contributed by atoms with Crippen LogP contribution in [-0.4, -0.2) is 108 Å². The number of alkyl halides is 3. The number of carbonyl (C=O) groups excluding carboxylic acids is 2. The first-order chi connectivity index (χ1) is 21.3. The average molecular weight is 651 g/mol. The molecule has 3 amide bonds. The number of carboxylic acid groups (broad SMARTS) is 1. The minimum atomic E-state index is -4.90. The predicted octanol–water partition coefficient (Wildman–Crippen LogP) is 2.01. The van der Waals surface area contributed by atoms with E-state index in [0.29, 0.717) is 38.5 Å². The van der Waals surface area contributed by atoms with Gasteiger partial charge in [-0.05, 0) is 18.1 Å². The van der Waals surface area contributed by atoms with Crippen LogP contribution in [0, 0.1) is 17.5 Å². The van der Waals surface area contributed by atoms with Crippen LogP contribution in [0.3, 0.4) is 0 Å². The van der Waals surface area contributed by atoms with Crippen LogP contribution in [0.4, 0.5) is 31.1 Å². The topological polar surface area (TPSA) is 138 Å². The second-order valence-corrected chi connectivity index (χ2v) is 10.4. The van der Waals surface area contributed by atoms with E-state index >= 15 is 0 Å². The van der Waals surface area contributed by atoms with Gasteiger partial charge in [-0.1, -0.05) is 0 Å². The summed E-state index contributed by atoms with van der Waals surface area (Å²) in [5.74, 6) is -6.93. The number of fused-ring (bicyclic) bond motifs is 1. The van der Waals surface area contributed by atoms with Crippen molar-refractivity contribution >= 4 is 17.9 Å². The van der Waals surface area contributed by atoms with E-state index in [4.69, 9.17) is 9.47 Å². The molecule has 1 fully saturated rings. The third-order valence-corrected chi connectivity index (χ3v) is 7.32. The van der Waals surface area contributed by atoms with E-state index in [1.807, 2.05) is 5.32 Å². The highest BCUT2D eigenvalue weighted by atomic mass is 19.4. The summed E-state index contributed by atoms with van der Waals surface area (Å²) in [7, 11) is 0. The van der Waals surface area contributed by atoms with Crippen LogP contribution in [0.5, 0.6) is 0 Å². The second-order valence-electron chi connectivity index (χ2n) is 10.4. The SMILES string of the molecule is O=C(O)N[C@@H](CC(=O)N1CCn2c(C(F)(F)F)nc(C(=O)NCCOCCN3CCOCC3)c2C1)Cc1cc(F)c(F)cc1F. The van der Waals surface area contributed by atoms with Crippen LogP contribution in [0.25, 0.3) is 0 Å². The monoisotopic (exact) mass is 650 g/mol. The van der Waals surface area contributed by atoms with E-state index in [1.165, 1.54) is 0 Å². The molecular weight excluding hydrogens is 618 g/mol. The maximum absolute atomic E-state index is 14.2. The van der Waals surface area contributed by atoms with Gasteiger partial charge in [-0.2, -0.15) is 13.2 Å². The number of amides is 3. The zero-order valence-corrected chi connectivity index (χ0v) is 24.0. The van der Waals surface area contributed by atoms with Crippen LogP contribution in [0.2, 0.25) is 0 Å². The number of nitrogens with one attached hydrogen (secondary N) is 2. The summed E-state index contributed by atoms with van der Waals surface area (Å²) in [6, 6.07) is -0.458. The number of imidazole rings is 1. The first kappa shape index (κ1) is 34.0. The van der Waals surface area contributed by atoms with Crippen molar-refractivity contribution in [2.45, 2.75) is 38.1 Å². The van der Waals surface area contributed by atoms with Gasteiger partial charge in [0.1, 0.15) is 5.82 Å². The molecule has 0 aliphatic carbocycles. The minimum absolute atomic E-state index is 0.0126. The summed E-state index contributed by atoms with van der Waals surface area (Å²) in [5, 5.41) is 13.7. The molecule has 0 unspecified atom stereocenters. The molecule has 45 heavy (non-hydrogen) atoms. The van der Waals surface area contributed by atoms with Gasteiger partial charge in [0.15, 0.2) is 17.3 Å². The molecule has 248 valence electrons. The Morgan fingerprint density at radius 3 is 2.42 bits per heavy atom. The molecule has 4 rings (SSSR count). The maximum atomic E-state index is 14.2. The summed E-state index contributed by atoms with van der Waals surface area (Å²) in [6.45, 7) is 2.87. The minimum Gasteiger partial charge on any atom is -0.465 e. The Bertz CT molecular complexity index is 1380. The zero-order chi connectivity index (χ0) is 32.7. The number of nitrogens with zero attached hydrogens (tertiary/aromatic N) is 4. The van der Waals surface area contributed by atoms with Gasteiger partial charge in [0.2, 0.25) is 11.7 Å². The quantitative estimate of drug-likeness (QED) is 0.180. The summed E-state index contributed by atoms with van der Waals surface area (Å²) in [4.78, 5) is 44.2. The number of halogens is 6. The lowest BCUT2D eigenvalue weighted by Crippen LogP contribution is -2.44. The van der Waals surface area contributed by atoms with Crippen molar-refractivity contribution in [3.8, 4) is 0 Å². The molecule has 18 heteroatoms. The first-order valence-electron chi connectivity index (χ1n) is 14.1. The van der Waals surface area contributed by atoms with Crippen molar-refractivity contribution < 1.29 is 55.3 Å². The van der Waals surface area contributed by atoms with E-state index in [0.717, 1.165) is 22.6 Å². The van der Waals surface area contributed by atoms with Crippen molar-refractivity contribution in [2.75, 3.05) is 59.2 Å². The van der Waals surface area contributed by atoms with Crippen LogP contribution in [0.1, 0.15) is 34.0 Å². The molecule has 1 aromatic carbocycles. The molecule has 1 atom stereocenters. The Labute approximate surface area is 253 Å². The van der Waals surface area contributed by atoms with Gasteiger partial charge in [-0.3, -0.25) is 14.5 Å². The molecule has 0 spiro atoms. The fourth-order valence-corrected chi connectivity index (χ4v) is 5.09. The van der Waals surface area contributed by atoms with Gasteiger partial charge >= 0.3 is 12.3 Å². The van der Waals surface area contributed by atoms with Crippen LogP contribution < -0.4 is 10.6 Å². The molecule has 3 N–H and O–H groups in total. The fourth-order valence-electron chi connectivity index (χ4n) is 5.09. The molecular formula is C27H32F6N6O6. The molecule has 2 aromatic rings. The van der Waals surface area contributed by atoms with Crippen molar-refractivity contribution in [2.24, 2.45) is 0 Å². The third-order valence-electron chi connectivity index (χ3n) is 7.32. The summed E-state index contributed by atoms with van der Waals surface area (Å²) in [5.41, 5.74) is -1.10. The van der Waals surface area contributed by atoms with Crippen LogP contribution >= 0.6 is 0 Å². The highest BCUT2D eigenvalue weighted by Gasteiger charge is 2.42. The van der Waals surface area contributed by atoms with Crippen molar-refractivity contribution in [1.82, 2.24) is 30.0 Å². The van der Waals surface area contributed by atoms with Crippen molar-refractivity contribution in [1.29, 1.82) is 0 Å². The number of carbonyl (C=O) groups is 3. The molecule has 1 aromatic heterocycles. The third kappa shape index (κ3) is 9.07. The molecule has 2 aliphatic heterocycles. The molecule has 3 heterocycles. The van der Waals surface area contributed by atoms with Crippen molar-refractivity contribution in [3.05, 3.63) is 52.4 Å². The maximum Gasteiger partial charge on any atom is 0.449 e. The van der Waals surface area contributed by atoms with E-state index < -0.39 is 84.0 Å². The Morgan fingerprint density at radius 2 is 1.73 bits per heavy atom. The largest absolute Gasteiger partial charge is 0.465 e. The average Bonchev–Trinajstić information content (AvgIpc) is 3.37. The van der Waals surface area contributed by atoms with Gasteiger partial charge in [-0.25, -0.2) is 22.9 Å². The van der Waals surface area contributed by atoms with E-state index in [9.17, 15) is 45.8 Å². The normalized spacial score (nSPS) is 16.3. The highest BCUT2D eigenvalue weighted by molar-refractivity contribution is 5.93. The summed E-state index contributed by atoms with van der Waals surface area (Å²) in [6.07, 6.45) is -7.58. The number of aromatic nitrogens is 2. The predicted molar refractivity (Wildman–Crippen MR) is 143 cm³/mol. The standard InChI is InChI=1S/C27H32F6N6O6/c28-18-14-20(30)19(29)12-16(18)11-17(35-26(42)43)13-22(40)38-2-3-39-21(15-38)23(36-25(39)27(31,32)33)24(41)34-1-7-44-8-4-37-5-9-45-10-6-37/h12,14,17,35H,1-11,13,15H2,(H,34,41)(H,42,43)/t17-/m1/s1. The number of ether oxygens (including phenoxy) is 2. The smallest absolute Gasteiger partial charge is 0.449 e. The van der Waals surface area contributed by atoms with E-state index in [-0.39, 0.29) is 31.9 Å². The molecule has 0 saturated carbocycles. The van der Waals surface area contributed by atoms with Gasteiger partial charge in [0.05, 0.1) is 38.7 Å². The van der Waals surface area contributed by atoms with Gasteiger partial charge in [-0.15, -0.1) is 0 Å². The highest BCUT2D eigenvalue weighted by Crippen LogP contribution is 2.32. The summed E-state index contributed by atoms with van der Waals surface area (Å²) >= 11 is 0. The lowest BCUT2D eigenvalue weighted by molar-refractivity contribution is -0.148.